The zero-order valence-corrected chi connectivity index (χ0v) is 13.3. The van der Waals surface area contributed by atoms with Crippen molar-refractivity contribution in [2.75, 3.05) is 26.4 Å². The highest BCUT2D eigenvalue weighted by atomic mass is 16.5. The molecule has 2 aromatic carbocycles. The first-order chi connectivity index (χ1) is 10.9. The second-order valence-corrected chi connectivity index (χ2v) is 5.24. The molecular formula is C19H25NO2. The molecule has 0 bridgehead atoms. The summed E-state index contributed by atoms with van der Waals surface area (Å²) in [5.41, 5.74) is 2.47. The summed E-state index contributed by atoms with van der Waals surface area (Å²) < 4.78 is 11.3. The van der Waals surface area contributed by atoms with Gasteiger partial charge in [0, 0.05) is 26.1 Å². The molecule has 0 heterocycles. The molecular weight excluding hydrogens is 274 g/mol. The first kappa shape index (κ1) is 16.5. The fourth-order valence-electron chi connectivity index (χ4n) is 2.14. The molecule has 0 spiro atoms. The van der Waals surface area contributed by atoms with E-state index >= 15 is 0 Å². The van der Waals surface area contributed by atoms with Crippen LogP contribution in [0.15, 0.2) is 54.6 Å². The van der Waals surface area contributed by atoms with Gasteiger partial charge in [-0.05, 0) is 24.1 Å². The number of benzene rings is 2. The van der Waals surface area contributed by atoms with E-state index in [9.17, 15) is 0 Å². The van der Waals surface area contributed by atoms with Crippen molar-refractivity contribution in [2.24, 2.45) is 0 Å². The quantitative estimate of drug-likeness (QED) is 0.680. The minimum Gasteiger partial charge on any atom is -0.493 e. The molecule has 0 aromatic heterocycles. The number of hydrogen-bond acceptors (Lipinski definition) is 3. The van der Waals surface area contributed by atoms with Crippen molar-refractivity contribution >= 4 is 0 Å². The molecule has 0 unspecified atom stereocenters. The highest BCUT2D eigenvalue weighted by molar-refractivity contribution is 5.31. The minimum absolute atomic E-state index is 0.697. The van der Waals surface area contributed by atoms with E-state index in [0.29, 0.717) is 6.61 Å². The van der Waals surface area contributed by atoms with Crippen molar-refractivity contribution in [1.82, 2.24) is 5.32 Å². The molecule has 2 rings (SSSR count). The second-order valence-electron chi connectivity index (χ2n) is 5.24. The van der Waals surface area contributed by atoms with Crippen molar-refractivity contribution in [3.63, 3.8) is 0 Å². The molecule has 0 fully saturated rings. The molecule has 0 saturated heterocycles. The molecule has 0 atom stereocenters. The van der Waals surface area contributed by atoms with E-state index in [-0.39, 0.29) is 0 Å². The fourth-order valence-corrected chi connectivity index (χ4v) is 2.14. The molecule has 2 aromatic rings. The molecule has 0 radical (unpaired) electrons. The maximum Gasteiger partial charge on any atom is 0.122 e. The zero-order valence-electron chi connectivity index (χ0n) is 13.3. The van der Waals surface area contributed by atoms with Gasteiger partial charge in [0.1, 0.15) is 5.75 Å². The second kappa shape index (κ2) is 9.98. The summed E-state index contributed by atoms with van der Waals surface area (Å²) in [6.45, 7) is 5.98. The Labute approximate surface area is 133 Å². The van der Waals surface area contributed by atoms with Gasteiger partial charge in [0.15, 0.2) is 0 Å². The lowest BCUT2D eigenvalue weighted by molar-refractivity contribution is 0.121. The van der Waals surface area contributed by atoms with Gasteiger partial charge in [0.05, 0.1) is 13.2 Å². The van der Waals surface area contributed by atoms with E-state index in [1.54, 1.807) is 0 Å². The summed E-state index contributed by atoms with van der Waals surface area (Å²) in [5, 5.41) is 3.37. The summed E-state index contributed by atoms with van der Waals surface area (Å²) in [5.74, 6) is 0.965. The Morgan fingerprint density at radius 3 is 2.45 bits per heavy atom. The molecule has 3 heteroatoms. The van der Waals surface area contributed by atoms with Crippen LogP contribution in [0.3, 0.4) is 0 Å². The number of nitrogens with one attached hydrogen (secondary N) is 1. The van der Waals surface area contributed by atoms with Crippen LogP contribution in [0.1, 0.15) is 17.5 Å². The Balaban J connectivity index is 1.44. The Morgan fingerprint density at radius 1 is 0.864 bits per heavy atom. The topological polar surface area (TPSA) is 30.5 Å². The number of ether oxygens (including phenoxy) is 2. The van der Waals surface area contributed by atoms with E-state index in [1.807, 2.05) is 24.3 Å². The lowest BCUT2D eigenvalue weighted by Gasteiger charge is -2.09. The van der Waals surface area contributed by atoms with E-state index in [2.05, 4.69) is 42.6 Å². The van der Waals surface area contributed by atoms with E-state index in [0.717, 1.165) is 38.5 Å². The van der Waals surface area contributed by atoms with Crippen LogP contribution in [-0.4, -0.2) is 26.4 Å². The Kier molecular flexibility index (Phi) is 7.50. The van der Waals surface area contributed by atoms with Gasteiger partial charge in [0.25, 0.3) is 0 Å². The van der Waals surface area contributed by atoms with Crippen LogP contribution in [0, 0.1) is 6.92 Å². The molecule has 0 aliphatic rings. The average Bonchev–Trinajstić information content (AvgIpc) is 2.56. The van der Waals surface area contributed by atoms with Crippen molar-refractivity contribution < 1.29 is 9.47 Å². The van der Waals surface area contributed by atoms with Gasteiger partial charge in [-0.3, -0.25) is 0 Å². The normalized spacial score (nSPS) is 10.6. The maximum absolute atomic E-state index is 5.73. The number of hydrogen-bond donors (Lipinski definition) is 1. The number of rotatable bonds is 10. The third-order valence-corrected chi connectivity index (χ3v) is 3.38. The van der Waals surface area contributed by atoms with Crippen LogP contribution in [0.5, 0.6) is 5.75 Å². The number of para-hydroxylation sites is 1. The lowest BCUT2D eigenvalue weighted by Crippen LogP contribution is -2.19. The summed E-state index contributed by atoms with van der Waals surface area (Å²) in [7, 11) is 0. The van der Waals surface area contributed by atoms with Crippen molar-refractivity contribution in [1.29, 1.82) is 0 Å². The molecule has 0 saturated carbocycles. The molecule has 0 amide bonds. The van der Waals surface area contributed by atoms with Crippen LogP contribution in [-0.2, 0) is 11.3 Å². The molecule has 3 nitrogen and oxygen atoms in total. The van der Waals surface area contributed by atoms with Gasteiger partial charge < -0.3 is 14.8 Å². The van der Waals surface area contributed by atoms with Crippen LogP contribution >= 0.6 is 0 Å². The zero-order chi connectivity index (χ0) is 15.5. The Morgan fingerprint density at radius 2 is 1.64 bits per heavy atom. The van der Waals surface area contributed by atoms with Gasteiger partial charge >= 0.3 is 0 Å². The van der Waals surface area contributed by atoms with Gasteiger partial charge in [-0.1, -0.05) is 48.5 Å². The first-order valence-corrected chi connectivity index (χ1v) is 7.87. The average molecular weight is 299 g/mol. The summed E-state index contributed by atoms with van der Waals surface area (Å²) in [4.78, 5) is 0. The third kappa shape index (κ3) is 6.29. The van der Waals surface area contributed by atoms with Crippen LogP contribution in [0.4, 0.5) is 0 Å². The predicted octanol–water partition coefficient (Wildman–Crippen LogP) is 3.57. The lowest BCUT2D eigenvalue weighted by atomic mass is 10.2. The number of aryl methyl sites for hydroxylation is 1. The minimum atomic E-state index is 0.697. The molecule has 22 heavy (non-hydrogen) atoms. The van der Waals surface area contributed by atoms with E-state index in [4.69, 9.17) is 9.47 Å². The van der Waals surface area contributed by atoms with Crippen LogP contribution in [0.2, 0.25) is 0 Å². The summed E-state index contributed by atoms with van der Waals surface area (Å²) in [6, 6.07) is 18.5. The highest BCUT2D eigenvalue weighted by Gasteiger charge is 1.97. The molecule has 0 aliphatic carbocycles. The SMILES string of the molecule is Cc1ccccc1OCCCOCCNCc1ccccc1. The van der Waals surface area contributed by atoms with Crippen molar-refractivity contribution in [2.45, 2.75) is 19.9 Å². The summed E-state index contributed by atoms with van der Waals surface area (Å²) >= 11 is 0. The predicted molar refractivity (Wildman–Crippen MR) is 90.3 cm³/mol. The van der Waals surface area contributed by atoms with Gasteiger partial charge in [-0.2, -0.15) is 0 Å². The Hall–Kier alpha value is -1.84. The molecule has 118 valence electrons. The highest BCUT2D eigenvalue weighted by Crippen LogP contribution is 2.16. The summed E-state index contributed by atoms with van der Waals surface area (Å²) in [6.07, 6.45) is 0.910. The maximum atomic E-state index is 5.73. The third-order valence-electron chi connectivity index (χ3n) is 3.38. The van der Waals surface area contributed by atoms with Crippen molar-refractivity contribution in [3.8, 4) is 5.75 Å². The van der Waals surface area contributed by atoms with Crippen LogP contribution in [0.25, 0.3) is 0 Å². The van der Waals surface area contributed by atoms with Gasteiger partial charge in [-0.25, -0.2) is 0 Å². The standard InChI is InChI=1S/C19H25NO2/c1-17-8-5-6-11-19(17)22-14-7-13-21-15-12-20-16-18-9-3-2-4-10-18/h2-6,8-11,20H,7,12-16H2,1H3. The van der Waals surface area contributed by atoms with Crippen molar-refractivity contribution in [3.05, 3.63) is 65.7 Å². The fraction of sp³-hybridized carbons (Fsp3) is 0.368. The Bertz CT molecular complexity index is 528. The molecule has 1 N–H and O–H groups in total. The van der Waals surface area contributed by atoms with Crippen LogP contribution < -0.4 is 10.1 Å². The monoisotopic (exact) mass is 299 g/mol. The smallest absolute Gasteiger partial charge is 0.122 e. The largest absolute Gasteiger partial charge is 0.493 e. The first-order valence-electron chi connectivity index (χ1n) is 7.87. The molecule has 0 aliphatic heterocycles. The van der Waals surface area contributed by atoms with E-state index < -0.39 is 0 Å². The van der Waals surface area contributed by atoms with E-state index in [1.165, 1.54) is 11.1 Å². The van der Waals surface area contributed by atoms with Gasteiger partial charge in [-0.15, -0.1) is 0 Å². The van der Waals surface area contributed by atoms with Gasteiger partial charge in [0.2, 0.25) is 0 Å².